The first-order chi connectivity index (χ1) is 11.5. The maximum atomic E-state index is 13.0. The van der Waals surface area contributed by atoms with Crippen LogP contribution in [0.2, 0.25) is 0 Å². The summed E-state index contributed by atoms with van der Waals surface area (Å²) in [4.78, 5) is 28.4. The number of carbonyl (C=O) groups excluding carboxylic acids is 2. The Morgan fingerprint density at radius 3 is 2.79 bits per heavy atom. The Kier molecular flexibility index (Phi) is 4.64. The van der Waals surface area contributed by atoms with Crippen LogP contribution in [-0.4, -0.2) is 42.4 Å². The number of amides is 2. The van der Waals surface area contributed by atoms with Crippen molar-refractivity contribution in [1.29, 1.82) is 0 Å². The molecule has 6 heteroatoms. The van der Waals surface area contributed by atoms with Gasteiger partial charge in [-0.05, 0) is 50.3 Å². The van der Waals surface area contributed by atoms with Crippen LogP contribution in [0, 0.1) is 5.92 Å². The predicted molar refractivity (Wildman–Crippen MR) is 94.5 cm³/mol. The van der Waals surface area contributed by atoms with E-state index in [0.717, 1.165) is 49.2 Å². The number of anilines is 2. The molecule has 2 aliphatic rings. The van der Waals surface area contributed by atoms with E-state index in [1.54, 1.807) is 4.90 Å². The minimum atomic E-state index is -0.309. The highest BCUT2D eigenvalue weighted by Crippen LogP contribution is 2.33. The van der Waals surface area contributed by atoms with Crippen LogP contribution in [0.4, 0.5) is 11.4 Å². The molecule has 1 aromatic carbocycles. The van der Waals surface area contributed by atoms with Gasteiger partial charge >= 0.3 is 0 Å². The van der Waals surface area contributed by atoms with E-state index in [2.05, 4.69) is 4.90 Å². The van der Waals surface area contributed by atoms with Crippen molar-refractivity contribution in [3.63, 3.8) is 0 Å². The fraction of sp³-hybridized carbons (Fsp3) is 0.556. The summed E-state index contributed by atoms with van der Waals surface area (Å²) in [6.45, 7) is 3.92. The topological polar surface area (TPSA) is 92.7 Å². The zero-order valence-electron chi connectivity index (χ0n) is 14.2. The normalized spacial score (nSPS) is 22.0. The second-order valence-electron chi connectivity index (χ2n) is 6.84. The predicted octanol–water partition coefficient (Wildman–Crippen LogP) is 1.13. The molecular formula is C18H26N4O2. The van der Waals surface area contributed by atoms with Crippen LogP contribution in [0.25, 0.3) is 0 Å². The van der Waals surface area contributed by atoms with Gasteiger partial charge in [0, 0.05) is 31.0 Å². The molecule has 3 rings (SSSR count). The summed E-state index contributed by atoms with van der Waals surface area (Å²) in [6.07, 6.45) is 3.54. The van der Waals surface area contributed by atoms with Gasteiger partial charge in [0.05, 0.1) is 5.92 Å². The molecule has 2 unspecified atom stereocenters. The molecule has 4 N–H and O–H groups in total. The molecule has 0 bridgehead atoms. The van der Waals surface area contributed by atoms with E-state index in [9.17, 15) is 9.59 Å². The molecule has 0 aromatic heterocycles. The van der Waals surface area contributed by atoms with E-state index < -0.39 is 0 Å². The van der Waals surface area contributed by atoms with Gasteiger partial charge in [-0.25, -0.2) is 0 Å². The number of likely N-dealkylation sites (tertiary alicyclic amines) is 1. The van der Waals surface area contributed by atoms with Crippen molar-refractivity contribution in [3.8, 4) is 0 Å². The number of carbonyl (C=O) groups is 2. The standard InChI is InChI=1S/C18H26N4O2/c1-12(18(24)21-9-3-5-13(11-21)17(20)23)22-10-4-6-14-15(19)7-2-8-16(14)22/h2,7-8,12-13H,3-6,9-11,19H2,1H3,(H2,20,23). The number of nitrogens with zero attached hydrogens (tertiary/aromatic N) is 2. The maximum Gasteiger partial charge on any atom is 0.245 e. The molecule has 2 atom stereocenters. The van der Waals surface area contributed by atoms with Gasteiger partial charge in [0.1, 0.15) is 6.04 Å². The van der Waals surface area contributed by atoms with Crippen LogP contribution in [0.3, 0.4) is 0 Å². The van der Waals surface area contributed by atoms with Crippen molar-refractivity contribution in [1.82, 2.24) is 4.90 Å². The number of nitrogen functional groups attached to an aromatic ring is 1. The van der Waals surface area contributed by atoms with E-state index in [-0.39, 0.29) is 23.8 Å². The summed E-state index contributed by atoms with van der Waals surface area (Å²) in [5.74, 6) is -0.466. The van der Waals surface area contributed by atoms with Crippen molar-refractivity contribution in [3.05, 3.63) is 23.8 Å². The Balaban J connectivity index is 1.77. The van der Waals surface area contributed by atoms with Gasteiger partial charge in [0.15, 0.2) is 0 Å². The minimum absolute atomic E-state index is 0.0659. The Hall–Kier alpha value is -2.24. The molecule has 1 aromatic rings. The van der Waals surface area contributed by atoms with Gasteiger partial charge < -0.3 is 21.3 Å². The monoisotopic (exact) mass is 330 g/mol. The first-order valence-electron chi connectivity index (χ1n) is 8.71. The average Bonchev–Trinajstić information content (AvgIpc) is 2.60. The Morgan fingerprint density at radius 2 is 2.04 bits per heavy atom. The van der Waals surface area contributed by atoms with Crippen molar-refractivity contribution >= 4 is 23.2 Å². The number of rotatable bonds is 3. The molecule has 2 aliphatic heterocycles. The first kappa shape index (κ1) is 16.6. The van der Waals surface area contributed by atoms with Crippen molar-refractivity contribution < 1.29 is 9.59 Å². The fourth-order valence-corrected chi connectivity index (χ4v) is 3.89. The summed E-state index contributed by atoms with van der Waals surface area (Å²) in [5, 5.41) is 0. The van der Waals surface area contributed by atoms with Gasteiger partial charge in [0.2, 0.25) is 11.8 Å². The Bertz CT molecular complexity index is 646. The molecule has 0 spiro atoms. The molecule has 2 heterocycles. The molecule has 0 aliphatic carbocycles. The molecule has 1 fully saturated rings. The molecular weight excluding hydrogens is 304 g/mol. The van der Waals surface area contributed by atoms with Crippen molar-refractivity contribution in [2.75, 3.05) is 30.3 Å². The van der Waals surface area contributed by atoms with Crippen LogP contribution in [0.5, 0.6) is 0 Å². The third kappa shape index (κ3) is 3.05. The summed E-state index contributed by atoms with van der Waals surface area (Å²) in [6, 6.07) is 5.62. The van der Waals surface area contributed by atoms with Gasteiger partial charge in [-0.15, -0.1) is 0 Å². The molecule has 130 valence electrons. The van der Waals surface area contributed by atoms with Crippen LogP contribution in [0.1, 0.15) is 31.7 Å². The minimum Gasteiger partial charge on any atom is -0.398 e. The number of hydrogen-bond acceptors (Lipinski definition) is 4. The van der Waals surface area contributed by atoms with E-state index in [1.807, 2.05) is 25.1 Å². The lowest BCUT2D eigenvalue weighted by Gasteiger charge is -2.40. The van der Waals surface area contributed by atoms with Gasteiger partial charge in [-0.2, -0.15) is 0 Å². The second kappa shape index (κ2) is 6.71. The number of piperidine rings is 1. The van der Waals surface area contributed by atoms with E-state index >= 15 is 0 Å². The quantitative estimate of drug-likeness (QED) is 0.813. The lowest BCUT2D eigenvalue weighted by atomic mass is 9.95. The van der Waals surface area contributed by atoms with Crippen LogP contribution in [-0.2, 0) is 16.0 Å². The van der Waals surface area contributed by atoms with E-state index in [4.69, 9.17) is 11.5 Å². The number of hydrogen-bond donors (Lipinski definition) is 2. The summed E-state index contributed by atoms with van der Waals surface area (Å²) in [7, 11) is 0. The fourth-order valence-electron chi connectivity index (χ4n) is 3.89. The summed E-state index contributed by atoms with van der Waals surface area (Å²) in [5.41, 5.74) is 14.5. The van der Waals surface area contributed by atoms with Crippen molar-refractivity contribution in [2.24, 2.45) is 11.7 Å². The van der Waals surface area contributed by atoms with E-state index in [1.165, 1.54) is 0 Å². The lowest BCUT2D eigenvalue weighted by Crippen LogP contribution is -2.52. The number of fused-ring (bicyclic) bond motifs is 1. The molecule has 24 heavy (non-hydrogen) atoms. The SMILES string of the molecule is CC(C(=O)N1CCCC(C(N)=O)C1)N1CCCc2c(N)cccc21. The van der Waals surface area contributed by atoms with E-state index in [0.29, 0.717) is 13.1 Å². The molecule has 0 saturated carbocycles. The largest absolute Gasteiger partial charge is 0.398 e. The number of primary amides is 1. The summed E-state index contributed by atoms with van der Waals surface area (Å²) < 4.78 is 0. The maximum absolute atomic E-state index is 13.0. The van der Waals surface area contributed by atoms with Gasteiger partial charge in [-0.1, -0.05) is 6.07 Å². The zero-order chi connectivity index (χ0) is 17.3. The number of nitrogens with two attached hydrogens (primary N) is 2. The third-order valence-electron chi connectivity index (χ3n) is 5.28. The molecule has 2 amide bonds. The van der Waals surface area contributed by atoms with Crippen LogP contribution in [0.15, 0.2) is 18.2 Å². The molecule has 0 radical (unpaired) electrons. The summed E-state index contributed by atoms with van der Waals surface area (Å²) >= 11 is 0. The lowest BCUT2D eigenvalue weighted by molar-refractivity contribution is -0.135. The van der Waals surface area contributed by atoms with Gasteiger partial charge in [0.25, 0.3) is 0 Å². The second-order valence-corrected chi connectivity index (χ2v) is 6.84. The highest BCUT2D eigenvalue weighted by molar-refractivity contribution is 5.87. The molecule has 1 saturated heterocycles. The third-order valence-corrected chi connectivity index (χ3v) is 5.28. The van der Waals surface area contributed by atoms with Crippen LogP contribution < -0.4 is 16.4 Å². The highest BCUT2D eigenvalue weighted by atomic mass is 16.2. The Morgan fingerprint density at radius 1 is 1.25 bits per heavy atom. The smallest absolute Gasteiger partial charge is 0.245 e. The highest BCUT2D eigenvalue weighted by Gasteiger charge is 2.33. The van der Waals surface area contributed by atoms with Crippen LogP contribution >= 0.6 is 0 Å². The van der Waals surface area contributed by atoms with Crippen molar-refractivity contribution in [2.45, 2.75) is 38.6 Å². The Labute approximate surface area is 142 Å². The molecule has 6 nitrogen and oxygen atoms in total. The first-order valence-corrected chi connectivity index (χ1v) is 8.71. The van der Waals surface area contributed by atoms with Gasteiger partial charge in [-0.3, -0.25) is 9.59 Å². The average molecular weight is 330 g/mol. The zero-order valence-corrected chi connectivity index (χ0v) is 14.2. The number of benzene rings is 1.